The van der Waals surface area contributed by atoms with Gasteiger partial charge in [-0.05, 0) is 24.3 Å². The van der Waals surface area contributed by atoms with Crippen LogP contribution in [0.3, 0.4) is 0 Å². The first-order chi connectivity index (χ1) is 11.5. The average Bonchev–Trinajstić information content (AvgIpc) is 3.03. The van der Waals surface area contributed by atoms with Gasteiger partial charge in [-0.15, -0.1) is 0 Å². The Morgan fingerprint density at radius 1 is 1.25 bits per heavy atom. The second kappa shape index (κ2) is 6.42. The maximum absolute atomic E-state index is 12.5. The fraction of sp³-hybridized carbons (Fsp3) is 0.125. The summed E-state index contributed by atoms with van der Waals surface area (Å²) in [6.07, 6.45) is 3.05. The Morgan fingerprint density at radius 2 is 2.08 bits per heavy atom. The first-order valence-electron chi connectivity index (χ1n) is 6.99. The number of benzene rings is 1. The van der Waals surface area contributed by atoms with Crippen LogP contribution in [0.5, 0.6) is 0 Å². The number of nitrogens with one attached hydrogen (secondary N) is 1. The van der Waals surface area contributed by atoms with Gasteiger partial charge in [-0.2, -0.15) is 0 Å². The van der Waals surface area contributed by atoms with E-state index in [1.165, 1.54) is 25.4 Å². The third-order valence-electron chi connectivity index (χ3n) is 3.33. The van der Waals surface area contributed by atoms with Gasteiger partial charge in [-0.1, -0.05) is 12.1 Å². The number of aromatic nitrogens is 1. The van der Waals surface area contributed by atoms with E-state index in [2.05, 4.69) is 4.98 Å². The van der Waals surface area contributed by atoms with Crippen molar-refractivity contribution in [2.45, 2.75) is 11.5 Å². The third-order valence-corrected chi connectivity index (χ3v) is 4.72. The monoisotopic (exact) mass is 346 g/mol. The Kier molecular flexibility index (Phi) is 4.32. The van der Waals surface area contributed by atoms with Gasteiger partial charge in [-0.3, -0.25) is 9.78 Å². The van der Waals surface area contributed by atoms with Crippen molar-refractivity contribution in [2.75, 3.05) is 7.11 Å². The zero-order valence-corrected chi connectivity index (χ0v) is 13.5. The van der Waals surface area contributed by atoms with Crippen molar-refractivity contribution in [1.29, 1.82) is 0 Å². The normalized spacial score (nSPS) is 11.5. The highest BCUT2D eigenvalue weighted by molar-refractivity contribution is 7.90. The Balaban J connectivity index is 1.91. The molecule has 8 heteroatoms. The zero-order valence-electron chi connectivity index (χ0n) is 12.7. The van der Waals surface area contributed by atoms with Crippen molar-refractivity contribution in [1.82, 2.24) is 9.71 Å². The van der Waals surface area contributed by atoms with Crippen molar-refractivity contribution < 1.29 is 22.4 Å². The first kappa shape index (κ1) is 16.2. The lowest BCUT2D eigenvalue weighted by Gasteiger charge is -2.08. The second-order valence-corrected chi connectivity index (χ2v) is 6.64. The minimum atomic E-state index is -4.06. The highest BCUT2D eigenvalue weighted by atomic mass is 32.2. The number of rotatable bonds is 5. The number of furan rings is 1. The highest BCUT2D eigenvalue weighted by Gasteiger charge is 2.22. The number of hydrogen-bond acceptors (Lipinski definition) is 6. The molecule has 0 aliphatic rings. The number of nitrogens with zero attached hydrogens (tertiary/aromatic N) is 1. The molecule has 2 heterocycles. The predicted octanol–water partition coefficient (Wildman–Crippen LogP) is 2.09. The largest absolute Gasteiger partial charge is 0.453 e. The molecule has 0 fully saturated rings. The molecule has 0 radical (unpaired) electrons. The molecular weight excluding hydrogens is 332 g/mol. The Labute approximate surface area is 138 Å². The van der Waals surface area contributed by atoms with Crippen molar-refractivity contribution >= 4 is 26.7 Å². The number of methoxy groups -OCH3 is 1. The fourth-order valence-electron chi connectivity index (χ4n) is 2.27. The van der Waals surface area contributed by atoms with Crippen LogP contribution in [0.1, 0.15) is 16.3 Å². The molecule has 1 N–H and O–H groups in total. The average molecular weight is 346 g/mol. The number of fused-ring (bicyclic) bond motifs is 1. The van der Waals surface area contributed by atoms with Crippen LogP contribution in [0.15, 0.2) is 58.1 Å². The van der Waals surface area contributed by atoms with Crippen LogP contribution in [-0.4, -0.2) is 26.4 Å². The summed E-state index contributed by atoms with van der Waals surface area (Å²) in [7, 11) is -2.57. The maximum atomic E-state index is 12.5. The summed E-state index contributed by atoms with van der Waals surface area (Å²) in [5.41, 5.74) is 0. The van der Waals surface area contributed by atoms with E-state index < -0.39 is 15.9 Å². The number of carbonyl (C=O) groups excluding carboxylic acids is 1. The van der Waals surface area contributed by atoms with E-state index in [-0.39, 0.29) is 17.3 Å². The quantitative estimate of drug-likeness (QED) is 0.759. The minimum Gasteiger partial charge on any atom is -0.453 e. The molecule has 2 aromatic heterocycles. The van der Waals surface area contributed by atoms with Crippen molar-refractivity contribution in [3.63, 3.8) is 0 Å². The second-order valence-electron chi connectivity index (χ2n) is 4.99. The molecule has 7 nitrogen and oxygen atoms in total. The van der Waals surface area contributed by atoms with Crippen molar-refractivity contribution in [2.24, 2.45) is 0 Å². The summed E-state index contributed by atoms with van der Waals surface area (Å²) in [5.74, 6) is -0.521. The maximum Gasteiger partial charge on any atom is 0.300 e. The van der Waals surface area contributed by atoms with Gasteiger partial charge >= 0.3 is 5.91 Å². The lowest BCUT2D eigenvalue weighted by molar-refractivity contribution is 0.0945. The van der Waals surface area contributed by atoms with E-state index >= 15 is 0 Å². The van der Waals surface area contributed by atoms with E-state index in [4.69, 9.17) is 9.15 Å². The van der Waals surface area contributed by atoms with Crippen LogP contribution >= 0.6 is 0 Å². The van der Waals surface area contributed by atoms with Crippen LogP contribution < -0.4 is 4.72 Å². The van der Waals surface area contributed by atoms with Crippen LogP contribution in [0, 0.1) is 0 Å². The number of amides is 1. The molecule has 124 valence electrons. The first-order valence-corrected chi connectivity index (χ1v) is 8.47. The van der Waals surface area contributed by atoms with Crippen LogP contribution in [0.25, 0.3) is 10.8 Å². The van der Waals surface area contributed by atoms with Gasteiger partial charge in [0.05, 0.1) is 4.90 Å². The van der Waals surface area contributed by atoms with Crippen molar-refractivity contribution in [3.05, 3.63) is 60.3 Å². The smallest absolute Gasteiger partial charge is 0.300 e. The van der Waals surface area contributed by atoms with E-state index in [1.807, 2.05) is 4.72 Å². The fourth-order valence-corrected chi connectivity index (χ4v) is 3.46. The van der Waals surface area contributed by atoms with E-state index in [1.54, 1.807) is 30.5 Å². The molecule has 3 aromatic rings. The molecule has 0 aliphatic carbocycles. The molecule has 0 atom stereocenters. The van der Waals surface area contributed by atoms with E-state index in [0.717, 1.165) is 0 Å². The Bertz CT molecular complexity index is 989. The Hall–Kier alpha value is -2.71. The van der Waals surface area contributed by atoms with Gasteiger partial charge in [0, 0.05) is 30.3 Å². The summed E-state index contributed by atoms with van der Waals surface area (Å²) in [6, 6.07) is 9.29. The van der Waals surface area contributed by atoms with Gasteiger partial charge in [0.1, 0.15) is 12.4 Å². The highest BCUT2D eigenvalue weighted by Crippen LogP contribution is 2.22. The molecule has 0 aliphatic heterocycles. The minimum absolute atomic E-state index is 0.000536. The molecule has 1 amide bonds. The number of sulfonamides is 1. The van der Waals surface area contributed by atoms with Gasteiger partial charge in [-0.25, -0.2) is 13.1 Å². The molecule has 24 heavy (non-hydrogen) atoms. The van der Waals surface area contributed by atoms with Crippen LogP contribution in [-0.2, 0) is 21.4 Å². The predicted molar refractivity (Wildman–Crippen MR) is 85.8 cm³/mol. The summed E-state index contributed by atoms with van der Waals surface area (Å²) < 4.78 is 37.2. The number of ether oxygens (including phenoxy) is 1. The molecule has 0 spiro atoms. The SMILES string of the molecule is COCc1ccc(C(=O)NS(=O)(=O)c2cccc3cnccc23)o1. The third kappa shape index (κ3) is 3.15. The lowest BCUT2D eigenvalue weighted by Crippen LogP contribution is -2.30. The summed E-state index contributed by atoms with van der Waals surface area (Å²) >= 11 is 0. The number of hydrogen-bond donors (Lipinski definition) is 1. The van der Waals surface area contributed by atoms with E-state index in [0.29, 0.717) is 16.5 Å². The van der Waals surface area contributed by atoms with E-state index in [9.17, 15) is 13.2 Å². The molecule has 0 saturated carbocycles. The van der Waals surface area contributed by atoms with Gasteiger partial charge in [0.15, 0.2) is 5.76 Å². The topological polar surface area (TPSA) is 98.5 Å². The standard InChI is InChI=1S/C16H14N2O5S/c1-22-10-12-5-6-14(23-12)16(19)18-24(20,21)15-4-2-3-11-9-17-8-7-13(11)15/h2-9H,10H2,1H3,(H,18,19). The lowest BCUT2D eigenvalue weighted by atomic mass is 10.2. The molecule has 1 aromatic carbocycles. The van der Waals surface area contributed by atoms with Gasteiger partial charge in [0.2, 0.25) is 0 Å². The Morgan fingerprint density at radius 3 is 2.88 bits per heavy atom. The van der Waals surface area contributed by atoms with Crippen LogP contribution in [0.2, 0.25) is 0 Å². The zero-order chi connectivity index (χ0) is 17.2. The number of carbonyl (C=O) groups is 1. The van der Waals surface area contributed by atoms with Crippen molar-refractivity contribution in [3.8, 4) is 0 Å². The molecular formula is C16H14N2O5S. The van der Waals surface area contributed by atoms with Gasteiger partial charge < -0.3 is 9.15 Å². The summed E-state index contributed by atoms with van der Waals surface area (Å²) in [4.78, 5) is 16.1. The molecule has 3 rings (SSSR count). The number of pyridine rings is 1. The summed E-state index contributed by atoms with van der Waals surface area (Å²) in [5, 5.41) is 1.14. The molecule has 0 saturated heterocycles. The molecule has 0 bridgehead atoms. The molecule has 0 unspecified atom stereocenters. The van der Waals surface area contributed by atoms with Crippen LogP contribution in [0.4, 0.5) is 0 Å². The van der Waals surface area contributed by atoms with Gasteiger partial charge in [0.25, 0.3) is 10.0 Å². The summed E-state index contributed by atoms with van der Waals surface area (Å²) in [6.45, 7) is 0.191.